The van der Waals surface area contributed by atoms with Crippen LogP contribution in [0.2, 0.25) is 0 Å². The summed E-state index contributed by atoms with van der Waals surface area (Å²) in [6.07, 6.45) is 0. The van der Waals surface area contributed by atoms with Gasteiger partial charge in [0.1, 0.15) is 0 Å². The van der Waals surface area contributed by atoms with Crippen LogP contribution < -0.4 is 5.73 Å². The largest absolute Gasteiger partial charge is 0.368 e. The molecule has 2 N–H and O–H groups in total. The lowest BCUT2D eigenvalue weighted by Gasteiger charge is -1.88. The lowest BCUT2D eigenvalue weighted by atomic mass is 10.4. The Morgan fingerprint density at radius 1 is 1.86 bits per heavy atom. The zero-order valence-electron chi connectivity index (χ0n) is 3.92. The fraction of sp³-hybridized carbons (Fsp3) is 0.667. The van der Waals surface area contributed by atoms with Crippen LogP contribution in [0.3, 0.4) is 0 Å². The Labute approximate surface area is 40.7 Å². The second-order valence-corrected chi connectivity index (χ2v) is 1.18. The van der Waals surface area contributed by atoms with Crippen LogP contribution in [0.25, 0.3) is 0 Å². The minimum absolute atomic E-state index is 0.685. The van der Waals surface area contributed by atoms with E-state index in [0.717, 1.165) is 0 Å². The first-order valence-electron chi connectivity index (χ1n) is 1.80. The van der Waals surface area contributed by atoms with E-state index in [4.69, 9.17) is 0 Å². The predicted octanol–water partition coefficient (Wildman–Crippen LogP) is -0.373. The molecule has 0 radical (unpaired) electrons. The Morgan fingerprint density at radius 3 is 2.29 bits per heavy atom. The van der Waals surface area contributed by atoms with Crippen molar-refractivity contribution in [3.8, 4) is 0 Å². The van der Waals surface area contributed by atoms with E-state index in [0.29, 0.717) is 0 Å². The number of carbonyl (C=O) groups excluding carboxylic acids is 1. The molecule has 1 atom stereocenters. The van der Waals surface area contributed by atoms with Gasteiger partial charge in [0.25, 0.3) is 0 Å². The smallest absolute Gasteiger partial charge is 0.245 e. The summed E-state index contributed by atoms with van der Waals surface area (Å²) in [4.78, 5) is 19.3. The van der Waals surface area contributed by atoms with E-state index >= 15 is 0 Å². The summed E-state index contributed by atoms with van der Waals surface area (Å²) in [7, 11) is 0. The average molecular weight is 102 g/mol. The number of nitrogens with zero attached hydrogens (tertiary/aromatic N) is 1. The fourth-order valence-corrected chi connectivity index (χ4v) is 0.0519. The molecule has 0 saturated carbocycles. The van der Waals surface area contributed by atoms with E-state index in [9.17, 15) is 9.70 Å². The molecule has 0 unspecified atom stereocenters. The van der Waals surface area contributed by atoms with E-state index in [1.807, 2.05) is 0 Å². The summed E-state index contributed by atoms with van der Waals surface area (Å²) >= 11 is 0. The van der Waals surface area contributed by atoms with Gasteiger partial charge in [0.15, 0.2) is 6.04 Å². The highest BCUT2D eigenvalue weighted by molar-refractivity contribution is 5.79. The Morgan fingerprint density at radius 2 is 2.29 bits per heavy atom. The SMILES string of the molecule is C[C@@H](N=O)C(N)=O. The maximum Gasteiger partial charge on any atom is 0.245 e. The molecule has 7 heavy (non-hydrogen) atoms. The number of primary amides is 1. The Balaban J connectivity index is 3.55. The molecule has 4 nitrogen and oxygen atoms in total. The second kappa shape index (κ2) is 2.28. The van der Waals surface area contributed by atoms with Crippen molar-refractivity contribution < 1.29 is 4.79 Å². The van der Waals surface area contributed by atoms with E-state index in [2.05, 4.69) is 10.9 Å². The van der Waals surface area contributed by atoms with Gasteiger partial charge in [-0.2, -0.15) is 0 Å². The summed E-state index contributed by atoms with van der Waals surface area (Å²) in [6, 6.07) is -0.889. The van der Waals surface area contributed by atoms with E-state index < -0.39 is 11.9 Å². The summed E-state index contributed by atoms with van der Waals surface area (Å²) in [6.45, 7) is 1.34. The Hall–Kier alpha value is -0.930. The standard InChI is InChI=1S/C3H6N2O2/c1-2(5-7)3(4)6/h2H,1H3,(H2,4,6)/t2-/m1/s1. The van der Waals surface area contributed by atoms with Crippen molar-refractivity contribution in [2.45, 2.75) is 13.0 Å². The van der Waals surface area contributed by atoms with Gasteiger partial charge in [-0.3, -0.25) is 4.79 Å². The first-order chi connectivity index (χ1) is 3.18. The Kier molecular flexibility index (Phi) is 1.98. The molecule has 0 heterocycles. The monoisotopic (exact) mass is 102 g/mol. The second-order valence-electron chi connectivity index (χ2n) is 1.18. The minimum atomic E-state index is -0.889. The van der Waals surface area contributed by atoms with Crippen LogP contribution in [0.4, 0.5) is 0 Å². The van der Waals surface area contributed by atoms with Gasteiger partial charge in [-0.05, 0) is 6.92 Å². The minimum Gasteiger partial charge on any atom is -0.368 e. The lowest BCUT2D eigenvalue weighted by molar-refractivity contribution is -0.118. The number of rotatable bonds is 2. The first kappa shape index (κ1) is 6.07. The average Bonchev–Trinajstić information content (AvgIpc) is 1.65. The van der Waals surface area contributed by atoms with Crippen molar-refractivity contribution in [3.05, 3.63) is 4.91 Å². The van der Waals surface area contributed by atoms with Gasteiger partial charge < -0.3 is 5.73 Å². The predicted molar refractivity (Wildman–Crippen MR) is 24.5 cm³/mol. The summed E-state index contributed by atoms with van der Waals surface area (Å²) in [5, 5.41) is 2.36. The summed E-state index contributed by atoms with van der Waals surface area (Å²) in [5.41, 5.74) is 4.61. The van der Waals surface area contributed by atoms with Crippen molar-refractivity contribution in [1.29, 1.82) is 0 Å². The number of hydrogen-bond acceptors (Lipinski definition) is 3. The molecule has 0 aliphatic rings. The molecule has 0 rings (SSSR count). The molecule has 40 valence electrons. The fourth-order valence-electron chi connectivity index (χ4n) is 0.0519. The highest BCUT2D eigenvalue weighted by Crippen LogP contribution is 1.81. The van der Waals surface area contributed by atoms with E-state index in [1.54, 1.807) is 0 Å². The van der Waals surface area contributed by atoms with Crippen molar-refractivity contribution >= 4 is 5.91 Å². The third kappa shape index (κ3) is 1.86. The highest BCUT2D eigenvalue weighted by Gasteiger charge is 2.04. The third-order valence-electron chi connectivity index (χ3n) is 0.570. The molecule has 0 spiro atoms. The number of nitroso groups, excluding NO2 is 1. The molecule has 0 aromatic carbocycles. The lowest BCUT2D eigenvalue weighted by Crippen LogP contribution is -2.22. The van der Waals surface area contributed by atoms with Gasteiger partial charge >= 0.3 is 0 Å². The molecular weight excluding hydrogens is 96.0 g/mol. The zero-order chi connectivity index (χ0) is 5.86. The van der Waals surface area contributed by atoms with Crippen molar-refractivity contribution in [2.24, 2.45) is 10.9 Å². The van der Waals surface area contributed by atoms with Gasteiger partial charge in [0.05, 0.1) is 0 Å². The topological polar surface area (TPSA) is 72.5 Å². The summed E-state index contributed by atoms with van der Waals surface area (Å²) < 4.78 is 0. The van der Waals surface area contributed by atoms with Crippen molar-refractivity contribution in [3.63, 3.8) is 0 Å². The van der Waals surface area contributed by atoms with Crippen molar-refractivity contribution in [2.75, 3.05) is 0 Å². The third-order valence-corrected chi connectivity index (χ3v) is 0.570. The van der Waals surface area contributed by atoms with E-state index in [-0.39, 0.29) is 0 Å². The molecule has 0 bridgehead atoms. The first-order valence-corrected chi connectivity index (χ1v) is 1.80. The molecule has 0 aliphatic carbocycles. The molecular formula is C3H6N2O2. The van der Waals surface area contributed by atoms with E-state index in [1.165, 1.54) is 6.92 Å². The number of nitrogens with two attached hydrogens (primary N) is 1. The molecule has 0 aromatic rings. The Bertz CT molecular complexity index is 90.9. The van der Waals surface area contributed by atoms with Gasteiger partial charge in [0, 0.05) is 0 Å². The molecule has 0 fully saturated rings. The number of carbonyl (C=O) groups is 1. The van der Waals surface area contributed by atoms with Crippen LogP contribution in [0.5, 0.6) is 0 Å². The van der Waals surface area contributed by atoms with Gasteiger partial charge in [-0.15, -0.1) is 4.91 Å². The zero-order valence-corrected chi connectivity index (χ0v) is 3.92. The molecule has 4 heteroatoms. The number of amides is 1. The van der Waals surface area contributed by atoms with Gasteiger partial charge in [-0.25, -0.2) is 0 Å². The highest BCUT2D eigenvalue weighted by atomic mass is 16.3. The summed E-state index contributed by atoms with van der Waals surface area (Å²) in [5.74, 6) is -0.685. The molecule has 0 aromatic heterocycles. The van der Waals surface area contributed by atoms with Crippen molar-refractivity contribution in [1.82, 2.24) is 0 Å². The molecule has 0 aliphatic heterocycles. The van der Waals surface area contributed by atoms with Crippen LogP contribution in [-0.4, -0.2) is 11.9 Å². The number of hydrogen-bond donors (Lipinski definition) is 1. The maximum atomic E-state index is 9.86. The maximum absolute atomic E-state index is 9.86. The quantitative estimate of drug-likeness (QED) is 0.483. The van der Waals surface area contributed by atoms with Crippen LogP contribution in [0.1, 0.15) is 6.92 Å². The van der Waals surface area contributed by atoms with Crippen LogP contribution in [0.15, 0.2) is 5.18 Å². The van der Waals surface area contributed by atoms with Crippen LogP contribution in [-0.2, 0) is 4.79 Å². The molecule has 0 saturated heterocycles. The van der Waals surface area contributed by atoms with Crippen LogP contribution >= 0.6 is 0 Å². The van der Waals surface area contributed by atoms with Gasteiger partial charge in [-0.1, -0.05) is 5.18 Å². The van der Waals surface area contributed by atoms with Gasteiger partial charge in [0.2, 0.25) is 5.91 Å². The van der Waals surface area contributed by atoms with Crippen LogP contribution in [0, 0.1) is 4.91 Å². The normalized spacial score (nSPS) is 12.7. The molecule has 1 amide bonds.